The Balaban J connectivity index is 1.72. The second kappa shape index (κ2) is 5.05. The molecule has 1 fully saturated rings. The van der Waals surface area contributed by atoms with Crippen molar-refractivity contribution >= 4 is 17.8 Å². The Morgan fingerprint density at radius 2 is 1.35 bits per heavy atom. The third kappa shape index (κ3) is 2.04. The molecule has 0 spiro atoms. The van der Waals surface area contributed by atoms with E-state index in [4.69, 9.17) is 4.84 Å². The fraction of sp³-hybridized carbons (Fsp3) is 0.167. The molecule has 0 unspecified atom stereocenters. The fourth-order valence-electron chi connectivity index (χ4n) is 3.21. The maximum absolute atomic E-state index is 12.6. The van der Waals surface area contributed by atoms with Crippen LogP contribution in [0.2, 0.25) is 0 Å². The van der Waals surface area contributed by atoms with Gasteiger partial charge in [0, 0.05) is 12.8 Å². The number of carbonyl (C=O) groups excluding carboxylic acids is 3. The molecule has 1 heterocycles. The predicted molar refractivity (Wildman–Crippen MR) is 80.9 cm³/mol. The highest BCUT2D eigenvalue weighted by Gasteiger charge is 2.39. The molecule has 2 aliphatic rings. The molecule has 5 nitrogen and oxygen atoms in total. The molecule has 0 radical (unpaired) electrons. The van der Waals surface area contributed by atoms with Gasteiger partial charge < -0.3 is 4.84 Å². The van der Waals surface area contributed by atoms with Gasteiger partial charge in [-0.25, -0.2) is 4.79 Å². The van der Waals surface area contributed by atoms with Crippen LogP contribution in [0, 0.1) is 0 Å². The highest BCUT2D eigenvalue weighted by Crippen LogP contribution is 2.45. The molecule has 0 bridgehead atoms. The van der Waals surface area contributed by atoms with Crippen LogP contribution in [0.1, 0.15) is 29.9 Å². The third-order valence-electron chi connectivity index (χ3n) is 4.26. The van der Waals surface area contributed by atoms with Gasteiger partial charge in [0.25, 0.3) is 11.8 Å². The van der Waals surface area contributed by atoms with Crippen LogP contribution >= 0.6 is 0 Å². The summed E-state index contributed by atoms with van der Waals surface area (Å²) in [7, 11) is 0. The lowest BCUT2D eigenvalue weighted by Crippen LogP contribution is -2.34. The van der Waals surface area contributed by atoms with Crippen molar-refractivity contribution in [2.75, 3.05) is 0 Å². The number of hydroxylamine groups is 2. The second-order valence-corrected chi connectivity index (χ2v) is 5.60. The van der Waals surface area contributed by atoms with E-state index < -0.39 is 23.7 Å². The van der Waals surface area contributed by atoms with Crippen LogP contribution in [-0.2, 0) is 19.2 Å². The van der Waals surface area contributed by atoms with E-state index in [1.54, 1.807) is 0 Å². The number of amides is 2. The number of imide groups is 1. The number of carbonyl (C=O) groups is 3. The average Bonchev–Trinajstić information content (AvgIpc) is 3.07. The van der Waals surface area contributed by atoms with Gasteiger partial charge in [-0.3, -0.25) is 9.59 Å². The summed E-state index contributed by atoms with van der Waals surface area (Å²) in [6.07, 6.45) is 0.175. The quantitative estimate of drug-likeness (QED) is 0.799. The minimum absolute atomic E-state index is 0.0873. The molecule has 0 aromatic heterocycles. The van der Waals surface area contributed by atoms with Crippen LogP contribution in [-0.4, -0.2) is 22.8 Å². The van der Waals surface area contributed by atoms with Gasteiger partial charge in [-0.15, -0.1) is 5.06 Å². The van der Waals surface area contributed by atoms with Crippen molar-refractivity contribution in [2.24, 2.45) is 0 Å². The van der Waals surface area contributed by atoms with Gasteiger partial charge in [0.2, 0.25) is 0 Å². The third-order valence-corrected chi connectivity index (χ3v) is 4.26. The zero-order chi connectivity index (χ0) is 16.0. The van der Waals surface area contributed by atoms with Gasteiger partial charge in [-0.1, -0.05) is 48.5 Å². The lowest BCUT2D eigenvalue weighted by atomic mass is 9.97. The van der Waals surface area contributed by atoms with Gasteiger partial charge in [-0.05, 0) is 22.3 Å². The molecule has 1 saturated heterocycles. The number of nitrogens with zero attached hydrogens (tertiary/aromatic N) is 1. The van der Waals surface area contributed by atoms with Crippen LogP contribution in [0.4, 0.5) is 0 Å². The number of benzene rings is 2. The standard InChI is InChI=1S/C18H13NO4/c20-15-9-10-16(21)19(15)23-18(22)17-13-7-3-1-5-11(13)12-6-2-4-8-14(12)17/h1-8,17H,9-10H2. The SMILES string of the molecule is O=C(ON1C(=O)CCC1=O)C1c2ccccc2-c2ccccc21. The molecule has 0 N–H and O–H groups in total. The van der Waals surface area contributed by atoms with Gasteiger partial charge in [0.05, 0.1) is 0 Å². The summed E-state index contributed by atoms with van der Waals surface area (Å²) in [6, 6.07) is 15.2. The Morgan fingerprint density at radius 3 is 1.87 bits per heavy atom. The van der Waals surface area contributed by atoms with Gasteiger partial charge >= 0.3 is 5.97 Å². The van der Waals surface area contributed by atoms with Crippen LogP contribution in [0.3, 0.4) is 0 Å². The molecule has 1 aliphatic carbocycles. The maximum Gasteiger partial charge on any atom is 0.345 e. The minimum Gasteiger partial charge on any atom is -0.329 e. The highest BCUT2D eigenvalue weighted by molar-refractivity contribution is 6.02. The Labute approximate surface area is 132 Å². The molecule has 1 aliphatic heterocycles. The van der Waals surface area contributed by atoms with Crippen molar-refractivity contribution in [3.05, 3.63) is 59.7 Å². The molecule has 2 amide bonds. The first-order valence-electron chi connectivity index (χ1n) is 7.42. The van der Waals surface area contributed by atoms with E-state index in [0.717, 1.165) is 22.3 Å². The summed E-state index contributed by atoms with van der Waals surface area (Å²) in [5.74, 6) is -2.17. The normalized spacial score (nSPS) is 16.4. The van der Waals surface area contributed by atoms with E-state index in [-0.39, 0.29) is 12.8 Å². The summed E-state index contributed by atoms with van der Waals surface area (Å²) in [5, 5.41) is 0.603. The first-order valence-corrected chi connectivity index (χ1v) is 7.42. The first kappa shape index (κ1) is 13.7. The van der Waals surface area contributed by atoms with E-state index in [0.29, 0.717) is 5.06 Å². The number of rotatable bonds is 2. The summed E-state index contributed by atoms with van der Waals surface area (Å²) >= 11 is 0. The summed E-state index contributed by atoms with van der Waals surface area (Å²) in [5.41, 5.74) is 3.61. The molecular weight excluding hydrogens is 294 g/mol. The monoisotopic (exact) mass is 307 g/mol. The minimum atomic E-state index is -0.622. The number of hydrogen-bond donors (Lipinski definition) is 0. The largest absolute Gasteiger partial charge is 0.345 e. The van der Waals surface area contributed by atoms with Crippen LogP contribution in [0.5, 0.6) is 0 Å². The lowest BCUT2D eigenvalue weighted by molar-refractivity contribution is -0.197. The van der Waals surface area contributed by atoms with Crippen molar-refractivity contribution in [1.82, 2.24) is 5.06 Å². The summed E-state index contributed by atoms with van der Waals surface area (Å²) in [4.78, 5) is 41.1. The Morgan fingerprint density at radius 1 is 0.870 bits per heavy atom. The van der Waals surface area contributed by atoms with Crippen molar-refractivity contribution in [2.45, 2.75) is 18.8 Å². The molecule has 114 valence electrons. The molecule has 0 atom stereocenters. The van der Waals surface area contributed by atoms with E-state index >= 15 is 0 Å². The smallest absolute Gasteiger partial charge is 0.329 e. The molecule has 2 aromatic carbocycles. The molecule has 2 aromatic rings. The van der Waals surface area contributed by atoms with Crippen LogP contribution < -0.4 is 0 Å². The van der Waals surface area contributed by atoms with Crippen molar-refractivity contribution in [3.8, 4) is 11.1 Å². The lowest BCUT2D eigenvalue weighted by Gasteiger charge is -2.17. The van der Waals surface area contributed by atoms with Crippen LogP contribution in [0.15, 0.2) is 48.5 Å². The second-order valence-electron chi connectivity index (χ2n) is 5.60. The van der Waals surface area contributed by atoms with E-state index in [2.05, 4.69) is 0 Å². The Kier molecular flexibility index (Phi) is 3.01. The number of fused-ring (bicyclic) bond motifs is 3. The molecule has 23 heavy (non-hydrogen) atoms. The van der Waals surface area contributed by atoms with E-state index in [9.17, 15) is 14.4 Å². The topological polar surface area (TPSA) is 63.7 Å². The number of hydrogen-bond acceptors (Lipinski definition) is 4. The first-order chi connectivity index (χ1) is 11.2. The maximum atomic E-state index is 12.6. The summed E-state index contributed by atoms with van der Waals surface area (Å²) in [6.45, 7) is 0. The van der Waals surface area contributed by atoms with Crippen molar-refractivity contribution < 1.29 is 19.2 Å². The van der Waals surface area contributed by atoms with E-state index in [1.165, 1.54) is 0 Å². The Hall–Kier alpha value is -2.95. The van der Waals surface area contributed by atoms with Gasteiger partial charge in [-0.2, -0.15) is 0 Å². The van der Waals surface area contributed by atoms with E-state index in [1.807, 2.05) is 48.5 Å². The fourth-order valence-corrected chi connectivity index (χ4v) is 3.21. The average molecular weight is 307 g/mol. The van der Waals surface area contributed by atoms with Crippen molar-refractivity contribution in [1.29, 1.82) is 0 Å². The Bertz CT molecular complexity index is 781. The zero-order valence-electron chi connectivity index (χ0n) is 12.2. The predicted octanol–water partition coefficient (Wildman–Crippen LogP) is 2.41. The van der Waals surface area contributed by atoms with Crippen LogP contribution in [0.25, 0.3) is 11.1 Å². The molecular formula is C18H13NO4. The summed E-state index contributed by atoms with van der Waals surface area (Å²) < 4.78 is 0. The van der Waals surface area contributed by atoms with Crippen molar-refractivity contribution in [3.63, 3.8) is 0 Å². The zero-order valence-corrected chi connectivity index (χ0v) is 12.2. The highest BCUT2D eigenvalue weighted by atomic mass is 16.7. The molecule has 5 heteroatoms. The molecule has 0 saturated carbocycles. The molecule has 4 rings (SSSR count). The van der Waals surface area contributed by atoms with Gasteiger partial charge in [0.15, 0.2) is 0 Å². The van der Waals surface area contributed by atoms with Gasteiger partial charge in [0.1, 0.15) is 5.92 Å².